The van der Waals surface area contributed by atoms with Crippen LogP contribution in [0.1, 0.15) is 11.3 Å². The number of aliphatic carboxylic acids is 1. The van der Waals surface area contributed by atoms with E-state index in [-0.39, 0.29) is 17.8 Å². The van der Waals surface area contributed by atoms with Gasteiger partial charge < -0.3 is 21.0 Å². The number of carbonyl (C=O) groups excluding carboxylic acids is 1. The number of nitrogens with one attached hydrogen (secondary N) is 1. The third-order valence-corrected chi connectivity index (χ3v) is 2.72. The highest BCUT2D eigenvalue weighted by atomic mass is 19.4. The molecule has 0 saturated heterocycles. The van der Waals surface area contributed by atoms with Crippen LogP contribution in [0.2, 0.25) is 0 Å². The molecule has 3 N–H and O–H groups in total. The van der Waals surface area contributed by atoms with E-state index in [1.165, 1.54) is 24.4 Å². The molecule has 0 aliphatic rings. The Labute approximate surface area is 143 Å². The lowest BCUT2D eigenvalue weighted by Gasteiger charge is -2.09. The van der Waals surface area contributed by atoms with Gasteiger partial charge in [0.1, 0.15) is 23.7 Å². The van der Waals surface area contributed by atoms with Gasteiger partial charge in [0.15, 0.2) is 0 Å². The van der Waals surface area contributed by atoms with Crippen molar-refractivity contribution in [1.82, 2.24) is 4.98 Å². The van der Waals surface area contributed by atoms with Crippen LogP contribution in [0, 0.1) is 23.0 Å². The van der Waals surface area contributed by atoms with E-state index >= 15 is 0 Å². The van der Waals surface area contributed by atoms with Gasteiger partial charge in [-0.2, -0.15) is 18.4 Å². The molecule has 0 spiro atoms. The van der Waals surface area contributed by atoms with Gasteiger partial charge in [0.2, 0.25) is 0 Å². The third kappa shape index (κ3) is 5.99. The first-order valence-electron chi connectivity index (χ1n) is 6.67. The van der Waals surface area contributed by atoms with Gasteiger partial charge in [0.25, 0.3) is 0 Å². The van der Waals surface area contributed by atoms with E-state index in [1.807, 2.05) is 6.07 Å². The Morgan fingerprint density at radius 1 is 1.31 bits per heavy atom. The molecule has 1 heterocycles. The Morgan fingerprint density at radius 2 is 1.92 bits per heavy atom. The molecule has 0 aliphatic heterocycles. The molecule has 0 atom stereocenters. The van der Waals surface area contributed by atoms with E-state index in [1.54, 1.807) is 0 Å². The molecule has 1 aromatic heterocycles. The molecule has 2 aromatic rings. The molecule has 2 rings (SSSR count). The molecule has 0 amide bonds. The van der Waals surface area contributed by atoms with Gasteiger partial charge in [-0.1, -0.05) is 0 Å². The van der Waals surface area contributed by atoms with Crippen molar-refractivity contribution < 1.29 is 31.9 Å². The van der Waals surface area contributed by atoms with Crippen LogP contribution in [0.25, 0.3) is 0 Å². The van der Waals surface area contributed by atoms with Crippen molar-refractivity contribution in [1.29, 1.82) is 5.26 Å². The fourth-order valence-corrected chi connectivity index (χ4v) is 1.56. The van der Waals surface area contributed by atoms with E-state index in [0.29, 0.717) is 11.4 Å². The lowest BCUT2D eigenvalue weighted by atomic mass is 10.2. The summed E-state index contributed by atoms with van der Waals surface area (Å²) >= 11 is 0. The second-order valence-electron chi connectivity index (χ2n) is 4.57. The number of hydrogen-bond donors (Lipinski definition) is 2. The SMILES string of the molecule is N#Cc1cc(F)ccc1Nc1cnc(CN)c(F)c1.O=C([O-])C(F)(F)F. The van der Waals surface area contributed by atoms with Crippen LogP contribution in [0.5, 0.6) is 0 Å². The van der Waals surface area contributed by atoms with Crippen LogP contribution in [0.4, 0.5) is 33.3 Å². The Morgan fingerprint density at radius 3 is 2.38 bits per heavy atom. The number of pyridine rings is 1. The fraction of sp³-hybridized carbons (Fsp3) is 0.133. The maximum Gasteiger partial charge on any atom is 0.430 e. The number of anilines is 2. The summed E-state index contributed by atoms with van der Waals surface area (Å²) in [5.41, 5.74) is 6.33. The van der Waals surface area contributed by atoms with Crippen LogP contribution < -0.4 is 16.2 Å². The Hall–Kier alpha value is -3.26. The van der Waals surface area contributed by atoms with Crippen LogP contribution >= 0.6 is 0 Å². The van der Waals surface area contributed by atoms with Crippen LogP contribution in [-0.4, -0.2) is 17.1 Å². The predicted molar refractivity (Wildman–Crippen MR) is 77.5 cm³/mol. The van der Waals surface area contributed by atoms with Crippen LogP contribution in [0.15, 0.2) is 30.5 Å². The molecule has 0 radical (unpaired) electrons. The number of nitrogens with zero attached hydrogens (tertiary/aromatic N) is 2. The third-order valence-electron chi connectivity index (χ3n) is 2.72. The molecule has 26 heavy (non-hydrogen) atoms. The van der Waals surface area contributed by atoms with Gasteiger partial charge in [-0.25, -0.2) is 8.78 Å². The summed E-state index contributed by atoms with van der Waals surface area (Å²) in [7, 11) is 0. The fourth-order valence-electron chi connectivity index (χ4n) is 1.56. The maximum absolute atomic E-state index is 13.5. The lowest BCUT2D eigenvalue weighted by Crippen LogP contribution is -2.37. The molecule has 0 fully saturated rings. The van der Waals surface area contributed by atoms with Crippen LogP contribution in [0.3, 0.4) is 0 Å². The van der Waals surface area contributed by atoms with Crippen molar-refractivity contribution in [3.05, 3.63) is 53.4 Å². The van der Waals surface area contributed by atoms with Gasteiger partial charge in [0, 0.05) is 12.6 Å². The maximum atomic E-state index is 13.5. The number of benzene rings is 1. The average molecular weight is 373 g/mol. The Kier molecular flexibility index (Phi) is 6.97. The monoisotopic (exact) mass is 373 g/mol. The van der Waals surface area contributed by atoms with Crippen molar-refractivity contribution >= 4 is 17.3 Å². The van der Waals surface area contributed by atoms with Gasteiger partial charge in [-0.15, -0.1) is 0 Å². The molecule has 6 nitrogen and oxygen atoms in total. The van der Waals surface area contributed by atoms with Crippen molar-refractivity contribution in [2.24, 2.45) is 5.73 Å². The van der Waals surface area contributed by atoms with Gasteiger partial charge in [0.05, 0.1) is 28.8 Å². The topological polar surface area (TPSA) is 115 Å². The molecule has 0 bridgehead atoms. The summed E-state index contributed by atoms with van der Waals surface area (Å²) in [6, 6.07) is 6.79. The number of carboxylic acids is 1. The summed E-state index contributed by atoms with van der Waals surface area (Å²) in [5.74, 6) is -4.05. The number of aromatic nitrogens is 1. The minimum absolute atomic E-state index is 0.00606. The van der Waals surface area contributed by atoms with Gasteiger partial charge >= 0.3 is 6.18 Å². The lowest BCUT2D eigenvalue weighted by molar-refractivity contribution is -0.344. The quantitative estimate of drug-likeness (QED) is 0.792. The molecule has 0 saturated carbocycles. The Balaban J connectivity index is 0.000000412. The number of nitriles is 1. The average Bonchev–Trinajstić information content (AvgIpc) is 2.56. The summed E-state index contributed by atoms with van der Waals surface area (Å²) in [5, 5.41) is 20.5. The summed E-state index contributed by atoms with van der Waals surface area (Å²) in [4.78, 5) is 12.6. The van der Waals surface area contributed by atoms with Gasteiger partial charge in [-0.3, -0.25) is 4.98 Å². The zero-order valence-corrected chi connectivity index (χ0v) is 12.8. The minimum Gasteiger partial charge on any atom is -0.542 e. The molecule has 0 unspecified atom stereocenters. The van der Waals surface area contributed by atoms with Gasteiger partial charge in [-0.05, 0) is 18.2 Å². The highest BCUT2D eigenvalue weighted by molar-refractivity contribution is 5.70. The van der Waals surface area contributed by atoms with Crippen molar-refractivity contribution in [3.63, 3.8) is 0 Å². The number of alkyl halides is 3. The van der Waals surface area contributed by atoms with E-state index in [9.17, 15) is 22.0 Å². The predicted octanol–water partition coefficient (Wildman–Crippen LogP) is 1.73. The molecule has 11 heteroatoms. The van der Waals surface area contributed by atoms with E-state index in [2.05, 4.69) is 10.3 Å². The van der Waals surface area contributed by atoms with Crippen molar-refractivity contribution in [3.8, 4) is 6.07 Å². The van der Waals surface area contributed by atoms with E-state index < -0.39 is 23.8 Å². The summed E-state index contributed by atoms with van der Waals surface area (Å²) in [6.45, 7) is 0.00606. The molecule has 1 aromatic carbocycles. The zero-order valence-electron chi connectivity index (χ0n) is 12.8. The summed E-state index contributed by atoms with van der Waals surface area (Å²) in [6.07, 6.45) is -3.80. The normalized spacial score (nSPS) is 10.3. The number of halogens is 5. The largest absolute Gasteiger partial charge is 0.542 e. The van der Waals surface area contributed by atoms with Crippen molar-refractivity contribution in [2.75, 3.05) is 5.32 Å². The summed E-state index contributed by atoms with van der Waals surface area (Å²) < 4.78 is 58.0. The number of hydrogen-bond acceptors (Lipinski definition) is 6. The number of carboxylic acid groups (broad SMARTS) is 1. The first kappa shape index (κ1) is 20.8. The molecular formula is C15H10F5N4O2-. The second kappa shape index (κ2) is 8.72. The number of rotatable bonds is 3. The molecular weight excluding hydrogens is 363 g/mol. The highest BCUT2D eigenvalue weighted by Crippen LogP contribution is 2.22. The van der Waals surface area contributed by atoms with E-state index in [0.717, 1.165) is 6.07 Å². The molecule has 0 aliphatic carbocycles. The smallest absolute Gasteiger partial charge is 0.430 e. The minimum atomic E-state index is -5.19. The first-order chi connectivity index (χ1) is 12.1. The van der Waals surface area contributed by atoms with E-state index in [4.69, 9.17) is 20.9 Å². The van der Waals surface area contributed by atoms with Crippen LogP contribution in [-0.2, 0) is 11.3 Å². The first-order valence-corrected chi connectivity index (χ1v) is 6.67. The molecule has 138 valence electrons. The van der Waals surface area contributed by atoms with Crippen molar-refractivity contribution in [2.45, 2.75) is 12.7 Å². The zero-order chi connectivity index (χ0) is 19.9. The number of carbonyl (C=O) groups is 1. The standard InChI is InChI=1S/C13H10F2N4.C2HF3O2/c14-9-1-2-12(8(3-9)5-16)19-10-4-11(15)13(6-17)18-7-10;3-2(4,5)1(6)7/h1-4,7,19H,6,17H2;(H,6,7)/p-1. The highest BCUT2D eigenvalue weighted by Gasteiger charge is 2.28. The second-order valence-corrected chi connectivity index (χ2v) is 4.57. The Bertz CT molecular complexity index is 834. The number of nitrogens with two attached hydrogens (primary N) is 1.